The third-order valence-electron chi connectivity index (χ3n) is 9.15. The Morgan fingerprint density at radius 3 is 2.52 bits per heavy atom. The van der Waals surface area contributed by atoms with Gasteiger partial charge in [0.25, 0.3) is 5.91 Å². The Bertz CT molecular complexity index is 1620. The molecule has 4 amide bonds. The van der Waals surface area contributed by atoms with Crippen molar-refractivity contribution >= 4 is 34.5 Å². The van der Waals surface area contributed by atoms with Crippen LogP contribution >= 0.6 is 11.8 Å². The van der Waals surface area contributed by atoms with E-state index in [4.69, 9.17) is 18.6 Å². The number of rotatable bonds is 9. The molecule has 11 nitrogen and oxygen atoms in total. The number of urea groups is 1. The average Bonchev–Trinajstić information content (AvgIpc) is 3.72. The molecule has 2 aromatic carbocycles. The van der Waals surface area contributed by atoms with Crippen molar-refractivity contribution in [1.82, 2.24) is 19.7 Å². The number of hydrogen-bond donors (Lipinski definition) is 0. The van der Waals surface area contributed by atoms with Crippen LogP contribution < -0.4 is 4.74 Å². The van der Waals surface area contributed by atoms with Crippen molar-refractivity contribution in [3.63, 3.8) is 0 Å². The van der Waals surface area contributed by atoms with E-state index in [1.54, 1.807) is 35.2 Å². The van der Waals surface area contributed by atoms with Crippen LogP contribution in [0, 0.1) is 5.92 Å². The number of nitrogens with zero attached hydrogens (tertiary/aromatic N) is 4. The molecule has 46 heavy (non-hydrogen) atoms. The number of likely N-dealkylation sites (tertiary alicyclic amines) is 1. The summed E-state index contributed by atoms with van der Waals surface area (Å²) in [5, 5.41) is -0.518. The number of para-hydroxylation sites is 1. The van der Waals surface area contributed by atoms with Crippen LogP contribution in [0.5, 0.6) is 5.75 Å². The van der Waals surface area contributed by atoms with Crippen LogP contribution in [-0.4, -0.2) is 95.0 Å². The number of hydrogen-bond acceptors (Lipinski definition) is 9. The van der Waals surface area contributed by atoms with E-state index in [0.29, 0.717) is 30.4 Å². The third kappa shape index (κ3) is 5.58. The van der Waals surface area contributed by atoms with Gasteiger partial charge < -0.3 is 28.4 Å². The highest BCUT2D eigenvalue weighted by Crippen LogP contribution is 2.52. The largest absolute Gasteiger partial charge is 0.496 e. The topological polar surface area (TPSA) is 115 Å². The van der Waals surface area contributed by atoms with Crippen molar-refractivity contribution in [1.29, 1.82) is 0 Å². The van der Waals surface area contributed by atoms with Gasteiger partial charge in [-0.1, -0.05) is 48.2 Å². The zero-order valence-electron chi connectivity index (χ0n) is 25.7. The lowest BCUT2D eigenvalue weighted by Gasteiger charge is -2.50. The maximum Gasteiger partial charge on any atom is 0.328 e. The predicted molar refractivity (Wildman–Crippen MR) is 170 cm³/mol. The minimum atomic E-state index is -0.607. The second-order valence-corrected chi connectivity index (χ2v) is 13.0. The quantitative estimate of drug-likeness (QED) is 0.323. The number of amides is 4. The first kappa shape index (κ1) is 30.5. The lowest BCUT2D eigenvalue weighted by molar-refractivity contribution is -0.141. The van der Waals surface area contributed by atoms with Crippen LogP contribution in [0.1, 0.15) is 47.7 Å². The number of carbonyl (C=O) groups excluding carboxylic acids is 3. The van der Waals surface area contributed by atoms with Gasteiger partial charge in [0, 0.05) is 37.4 Å². The lowest BCUT2D eigenvalue weighted by atomic mass is 9.92. The maximum atomic E-state index is 14.5. The second-order valence-electron chi connectivity index (χ2n) is 11.9. The Balaban J connectivity index is 1.21. The summed E-state index contributed by atoms with van der Waals surface area (Å²) in [6, 6.07) is 15.9. The summed E-state index contributed by atoms with van der Waals surface area (Å²) >= 11 is 1.42. The van der Waals surface area contributed by atoms with Gasteiger partial charge in [-0.25, -0.2) is 9.78 Å². The molecule has 240 valence electrons. The number of imide groups is 1. The van der Waals surface area contributed by atoms with Gasteiger partial charge in [-0.05, 0) is 43.5 Å². The Labute approximate surface area is 271 Å². The molecule has 4 aliphatic rings. The molecule has 0 aliphatic carbocycles. The van der Waals surface area contributed by atoms with Gasteiger partial charge in [0.05, 0.1) is 48.2 Å². The molecule has 5 heterocycles. The fourth-order valence-electron chi connectivity index (χ4n) is 6.67. The highest BCUT2D eigenvalue weighted by atomic mass is 32.2. The summed E-state index contributed by atoms with van der Waals surface area (Å²) in [5.74, 6) is 0.0880. The summed E-state index contributed by atoms with van der Waals surface area (Å²) < 4.78 is 23.7. The molecule has 3 atom stereocenters. The normalized spacial score (nSPS) is 23.0. The van der Waals surface area contributed by atoms with Crippen molar-refractivity contribution in [3.05, 3.63) is 89.6 Å². The van der Waals surface area contributed by atoms with Crippen molar-refractivity contribution < 1.29 is 33.0 Å². The van der Waals surface area contributed by atoms with Crippen LogP contribution in [0.2, 0.25) is 0 Å². The molecule has 0 bridgehead atoms. The second kappa shape index (κ2) is 12.9. The van der Waals surface area contributed by atoms with Gasteiger partial charge >= 0.3 is 6.03 Å². The smallest absolute Gasteiger partial charge is 0.328 e. The van der Waals surface area contributed by atoms with Gasteiger partial charge in [-0.15, -0.1) is 0 Å². The van der Waals surface area contributed by atoms with Gasteiger partial charge in [-0.2, -0.15) is 0 Å². The molecule has 3 fully saturated rings. The molecular weight excluding hydrogens is 608 g/mol. The van der Waals surface area contributed by atoms with Gasteiger partial charge in [0.2, 0.25) is 11.8 Å². The minimum Gasteiger partial charge on any atom is -0.496 e. The Kier molecular flexibility index (Phi) is 8.58. The third-order valence-corrected chi connectivity index (χ3v) is 10.6. The molecule has 0 N–H and O–H groups in total. The first-order valence-corrected chi connectivity index (χ1v) is 16.4. The zero-order chi connectivity index (χ0) is 31.8. The SMILES string of the molecule is COc1ccccc1C(CN1C(=O)N(C2CN(C(=O)c3ccccc3)C2)C(=O)C2C(C)=C(c3ncco3)SC21)OC1CCOCC1. The molecule has 3 saturated heterocycles. The van der Waals surface area contributed by atoms with Crippen molar-refractivity contribution in [2.24, 2.45) is 5.92 Å². The number of oxazole rings is 1. The molecule has 3 aromatic rings. The standard InChI is InChI=1S/C34H36N4O7S/c1-21-28-32(40)38(23-18-36(19-23)31(39)22-8-4-3-5-9-22)34(41)37(33(28)46-29(21)30-35-14-17-44-30)20-27(45-24-12-15-43-16-13-24)25-10-6-7-11-26(25)42-2/h3-11,14,17,23-24,27-28,33H,12-13,15-16,18-20H2,1-2H3. The number of thioether (sulfide) groups is 1. The van der Waals surface area contributed by atoms with Crippen LogP contribution in [0.3, 0.4) is 0 Å². The summed E-state index contributed by atoms with van der Waals surface area (Å²) in [6.07, 6.45) is 3.98. The molecule has 4 aliphatic heterocycles. The Morgan fingerprint density at radius 1 is 1.07 bits per heavy atom. The summed E-state index contributed by atoms with van der Waals surface area (Å²) in [4.78, 5) is 51.8. The van der Waals surface area contributed by atoms with E-state index in [2.05, 4.69) is 4.98 Å². The first-order chi connectivity index (χ1) is 22.4. The molecule has 0 spiro atoms. The highest BCUT2D eigenvalue weighted by molar-refractivity contribution is 8.09. The number of benzene rings is 2. The van der Waals surface area contributed by atoms with E-state index in [1.165, 1.54) is 22.9 Å². The number of fused-ring (bicyclic) bond motifs is 1. The average molecular weight is 645 g/mol. The van der Waals surface area contributed by atoms with Gasteiger partial charge in [0.15, 0.2) is 0 Å². The summed E-state index contributed by atoms with van der Waals surface area (Å²) in [5.41, 5.74) is 2.21. The lowest BCUT2D eigenvalue weighted by Crippen LogP contribution is -2.70. The van der Waals surface area contributed by atoms with E-state index >= 15 is 0 Å². The van der Waals surface area contributed by atoms with Gasteiger partial charge in [0.1, 0.15) is 18.1 Å². The Morgan fingerprint density at radius 2 is 1.80 bits per heavy atom. The van der Waals surface area contributed by atoms with E-state index in [9.17, 15) is 14.4 Å². The van der Waals surface area contributed by atoms with E-state index in [1.807, 2.05) is 49.4 Å². The minimum absolute atomic E-state index is 0.0553. The fourth-order valence-corrected chi connectivity index (χ4v) is 8.19. The number of methoxy groups -OCH3 is 1. The molecule has 3 unspecified atom stereocenters. The molecule has 0 saturated carbocycles. The number of carbonyl (C=O) groups is 3. The maximum absolute atomic E-state index is 14.5. The molecular formula is C34H36N4O7S. The van der Waals surface area contributed by atoms with Crippen molar-refractivity contribution in [2.75, 3.05) is 40.0 Å². The fraction of sp³-hybridized carbons (Fsp3) is 0.412. The highest BCUT2D eigenvalue weighted by Gasteiger charge is 2.56. The van der Waals surface area contributed by atoms with E-state index in [-0.39, 0.29) is 37.6 Å². The monoisotopic (exact) mass is 644 g/mol. The van der Waals surface area contributed by atoms with E-state index in [0.717, 1.165) is 28.9 Å². The molecule has 7 rings (SSSR count). The van der Waals surface area contributed by atoms with Crippen LogP contribution in [0.25, 0.3) is 4.91 Å². The van der Waals surface area contributed by atoms with Crippen LogP contribution in [0.15, 0.2) is 77.0 Å². The predicted octanol–water partition coefficient (Wildman–Crippen LogP) is 4.83. The van der Waals surface area contributed by atoms with Gasteiger partial charge in [-0.3, -0.25) is 14.5 Å². The van der Waals surface area contributed by atoms with E-state index < -0.39 is 29.5 Å². The van der Waals surface area contributed by atoms with Crippen LogP contribution in [-0.2, 0) is 14.3 Å². The molecule has 1 aromatic heterocycles. The first-order valence-electron chi connectivity index (χ1n) is 15.6. The van der Waals surface area contributed by atoms with Crippen molar-refractivity contribution in [2.45, 2.75) is 43.4 Å². The number of ether oxygens (including phenoxy) is 3. The zero-order valence-corrected chi connectivity index (χ0v) is 26.6. The summed E-state index contributed by atoms with van der Waals surface area (Å²) in [6.45, 7) is 3.86. The summed E-state index contributed by atoms with van der Waals surface area (Å²) in [7, 11) is 1.62. The number of aromatic nitrogens is 1. The van der Waals surface area contributed by atoms with Crippen molar-refractivity contribution in [3.8, 4) is 5.75 Å². The molecule has 12 heteroatoms. The Hall–Kier alpha value is -4.13. The molecule has 0 radical (unpaired) electrons. The van der Waals surface area contributed by atoms with Crippen LogP contribution in [0.4, 0.5) is 4.79 Å².